The molecule has 3 heteroatoms. The minimum Gasteiger partial charge on any atom is -0.385 e. The van der Waals surface area contributed by atoms with Crippen LogP contribution in [0.4, 0.5) is 0 Å². The lowest BCUT2D eigenvalue weighted by atomic mass is 10.1. The predicted molar refractivity (Wildman–Crippen MR) is 76.2 cm³/mol. The molecule has 1 aliphatic heterocycles. The Labute approximate surface area is 116 Å². The molecule has 19 heavy (non-hydrogen) atoms. The third kappa shape index (κ3) is 4.60. The molecule has 106 valence electrons. The van der Waals surface area contributed by atoms with E-state index in [2.05, 4.69) is 19.1 Å². The zero-order chi connectivity index (χ0) is 13.5. The molecule has 0 aromatic heterocycles. The zero-order valence-electron chi connectivity index (χ0n) is 11.8. The largest absolute Gasteiger partial charge is 0.385 e. The van der Waals surface area contributed by atoms with Gasteiger partial charge in [0.1, 0.15) is 12.6 Å². The Kier molecular flexibility index (Phi) is 5.83. The molecule has 0 aliphatic carbocycles. The van der Waals surface area contributed by atoms with Crippen molar-refractivity contribution >= 4 is 0 Å². The van der Waals surface area contributed by atoms with E-state index in [4.69, 9.17) is 4.74 Å². The lowest BCUT2D eigenvalue weighted by molar-refractivity contribution is -0.890. The van der Waals surface area contributed by atoms with Gasteiger partial charge in [0.05, 0.1) is 25.8 Å². The van der Waals surface area contributed by atoms with E-state index in [0.717, 1.165) is 13.0 Å². The van der Waals surface area contributed by atoms with Gasteiger partial charge in [-0.3, -0.25) is 0 Å². The van der Waals surface area contributed by atoms with E-state index >= 15 is 0 Å². The second-order valence-electron chi connectivity index (χ2n) is 5.46. The average Bonchev–Trinajstić information content (AvgIpc) is 2.93. The zero-order valence-corrected chi connectivity index (χ0v) is 11.8. The Balaban J connectivity index is 1.76. The summed E-state index contributed by atoms with van der Waals surface area (Å²) >= 11 is 0. The van der Waals surface area contributed by atoms with Crippen LogP contribution in [0.25, 0.3) is 0 Å². The second-order valence-corrected chi connectivity index (χ2v) is 5.46. The maximum absolute atomic E-state index is 10.1. The quantitative estimate of drug-likeness (QED) is 0.776. The van der Waals surface area contributed by atoms with Crippen molar-refractivity contribution in [3.8, 4) is 0 Å². The van der Waals surface area contributed by atoms with Crippen LogP contribution >= 0.6 is 0 Å². The molecule has 1 fully saturated rings. The number of likely N-dealkylation sites (tertiary alicyclic amines) is 1. The fraction of sp³-hybridized carbons (Fsp3) is 0.625. The van der Waals surface area contributed by atoms with Crippen molar-refractivity contribution in [3.63, 3.8) is 0 Å². The number of nitrogens with one attached hydrogen (secondary N) is 1. The summed E-state index contributed by atoms with van der Waals surface area (Å²) in [6.07, 6.45) is 3.29. The molecule has 1 aromatic rings. The molecule has 1 saturated heterocycles. The topological polar surface area (TPSA) is 33.9 Å². The van der Waals surface area contributed by atoms with Gasteiger partial charge in [0.2, 0.25) is 0 Å². The number of hydrogen-bond acceptors (Lipinski definition) is 2. The molecule has 2 rings (SSSR count). The summed E-state index contributed by atoms with van der Waals surface area (Å²) in [4.78, 5) is 1.52. The molecule has 0 saturated carbocycles. The van der Waals surface area contributed by atoms with Crippen LogP contribution in [0.1, 0.15) is 37.9 Å². The Morgan fingerprint density at radius 3 is 2.53 bits per heavy atom. The number of benzene rings is 1. The molecule has 1 aliphatic rings. The highest BCUT2D eigenvalue weighted by Gasteiger charge is 2.20. The van der Waals surface area contributed by atoms with Crippen LogP contribution in [-0.4, -0.2) is 37.5 Å². The van der Waals surface area contributed by atoms with E-state index in [1.165, 1.54) is 36.4 Å². The fourth-order valence-corrected chi connectivity index (χ4v) is 2.82. The summed E-state index contributed by atoms with van der Waals surface area (Å²) in [6.45, 7) is 5.79. The van der Waals surface area contributed by atoms with Crippen molar-refractivity contribution in [2.75, 3.05) is 26.2 Å². The predicted octanol–water partition coefficient (Wildman–Crippen LogP) is 1.19. The van der Waals surface area contributed by atoms with Gasteiger partial charge in [0, 0.05) is 12.8 Å². The van der Waals surface area contributed by atoms with Crippen molar-refractivity contribution in [3.05, 3.63) is 35.9 Å². The number of aliphatic hydroxyl groups is 1. The first-order valence-corrected chi connectivity index (χ1v) is 7.47. The first-order chi connectivity index (χ1) is 9.29. The molecule has 0 radical (unpaired) electrons. The number of rotatable bonds is 7. The maximum atomic E-state index is 10.1. The highest BCUT2D eigenvalue weighted by Crippen LogP contribution is 2.20. The number of quaternary nitrogens is 1. The van der Waals surface area contributed by atoms with Crippen LogP contribution in [-0.2, 0) is 4.74 Å². The summed E-state index contributed by atoms with van der Waals surface area (Å²) in [5.74, 6) is 0. The normalized spacial score (nSPS) is 19.5. The molecule has 0 amide bonds. The van der Waals surface area contributed by atoms with Gasteiger partial charge in [0.25, 0.3) is 0 Å². The summed E-state index contributed by atoms with van der Waals surface area (Å²) in [5, 5.41) is 10.1. The van der Waals surface area contributed by atoms with E-state index in [0.29, 0.717) is 6.61 Å². The molecule has 0 spiro atoms. The van der Waals surface area contributed by atoms with E-state index in [-0.39, 0.29) is 12.2 Å². The molecular formula is C16H26NO2+. The van der Waals surface area contributed by atoms with Gasteiger partial charge in [-0.15, -0.1) is 0 Å². The Morgan fingerprint density at radius 1 is 1.21 bits per heavy atom. The average molecular weight is 264 g/mol. The molecule has 1 heterocycles. The summed E-state index contributed by atoms with van der Waals surface area (Å²) < 4.78 is 5.89. The van der Waals surface area contributed by atoms with E-state index < -0.39 is 0 Å². The summed E-state index contributed by atoms with van der Waals surface area (Å²) in [7, 11) is 0. The first-order valence-electron chi connectivity index (χ1n) is 7.47. The molecule has 2 atom stereocenters. The molecular weight excluding hydrogens is 238 g/mol. The first kappa shape index (κ1) is 14.5. The Morgan fingerprint density at radius 2 is 1.89 bits per heavy atom. The number of aliphatic hydroxyl groups excluding tert-OH is 1. The van der Waals surface area contributed by atoms with Crippen molar-refractivity contribution in [1.82, 2.24) is 0 Å². The monoisotopic (exact) mass is 264 g/mol. The van der Waals surface area contributed by atoms with Crippen LogP contribution in [0, 0.1) is 0 Å². The lowest BCUT2D eigenvalue weighted by Gasteiger charge is -2.21. The van der Waals surface area contributed by atoms with Gasteiger partial charge in [-0.25, -0.2) is 0 Å². The van der Waals surface area contributed by atoms with Crippen molar-refractivity contribution in [2.45, 2.75) is 38.4 Å². The van der Waals surface area contributed by atoms with Crippen molar-refractivity contribution in [1.29, 1.82) is 0 Å². The van der Waals surface area contributed by atoms with Crippen LogP contribution < -0.4 is 4.90 Å². The minimum atomic E-state index is -0.342. The fourth-order valence-electron chi connectivity index (χ4n) is 2.82. The van der Waals surface area contributed by atoms with E-state index in [1.807, 2.05) is 18.2 Å². The van der Waals surface area contributed by atoms with E-state index in [9.17, 15) is 5.11 Å². The van der Waals surface area contributed by atoms with Crippen molar-refractivity contribution < 1.29 is 14.7 Å². The van der Waals surface area contributed by atoms with Crippen LogP contribution in [0.2, 0.25) is 0 Å². The summed E-state index contributed by atoms with van der Waals surface area (Å²) in [5.41, 5.74) is 1.20. The molecule has 3 nitrogen and oxygen atoms in total. The van der Waals surface area contributed by atoms with Gasteiger partial charge >= 0.3 is 0 Å². The van der Waals surface area contributed by atoms with E-state index in [1.54, 1.807) is 0 Å². The van der Waals surface area contributed by atoms with Crippen LogP contribution in [0.5, 0.6) is 0 Å². The second kappa shape index (κ2) is 7.63. The number of ether oxygens (including phenoxy) is 1. The molecule has 2 N–H and O–H groups in total. The number of hydrogen-bond donors (Lipinski definition) is 2. The van der Waals surface area contributed by atoms with Gasteiger partial charge in [-0.05, 0) is 12.0 Å². The standard InChI is InChI=1S/C16H25NO2/c1-2-16(14-8-4-3-5-9-14)19-13-15(18)12-17-10-6-7-11-17/h3-5,8-9,15-16,18H,2,6-7,10-13H2,1H3/p+1/t15-,16+/m1/s1. The highest BCUT2D eigenvalue weighted by atomic mass is 16.5. The third-order valence-corrected chi connectivity index (χ3v) is 3.87. The lowest BCUT2D eigenvalue weighted by Crippen LogP contribution is -3.11. The van der Waals surface area contributed by atoms with Crippen LogP contribution in [0.3, 0.4) is 0 Å². The van der Waals surface area contributed by atoms with Gasteiger partial charge in [-0.2, -0.15) is 0 Å². The highest BCUT2D eigenvalue weighted by molar-refractivity contribution is 5.17. The molecule has 0 unspecified atom stereocenters. The van der Waals surface area contributed by atoms with Gasteiger partial charge in [-0.1, -0.05) is 37.3 Å². The Hall–Kier alpha value is -0.900. The smallest absolute Gasteiger partial charge is 0.126 e. The molecule has 0 bridgehead atoms. The van der Waals surface area contributed by atoms with Crippen LogP contribution in [0.15, 0.2) is 30.3 Å². The third-order valence-electron chi connectivity index (χ3n) is 3.87. The van der Waals surface area contributed by atoms with Gasteiger partial charge < -0.3 is 14.7 Å². The van der Waals surface area contributed by atoms with Gasteiger partial charge in [0.15, 0.2) is 0 Å². The van der Waals surface area contributed by atoms with Crippen molar-refractivity contribution in [2.24, 2.45) is 0 Å². The molecule has 1 aromatic carbocycles. The Bertz CT molecular complexity index is 349. The maximum Gasteiger partial charge on any atom is 0.126 e. The summed E-state index contributed by atoms with van der Waals surface area (Å²) in [6, 6.07) is 10.3. The minimum absolute atomic E-state index is 0.101. The SMILES string of the molecule is CC[C@H](OC[C@H](O)C[NH+]1CCCC1)c1ccccc1.